The Kier molecular flexibility index (Phi) is 9.98. The molecule has 1 fully saturated rings. The van der Waals surface area contributed by atoms with Gasteiger partial charge >= 0.3 is 0 Å². The third kappa shape index (κ3) is 7.05. The lowest BCUT2D eigenvalue weighted by atomic mass is 10.1. The second-order valence-corrected chi connectivity index (χ2v) is 7.51. The van der Waals surface area contributed by atoms with Gasteiger partial charge in [0.05, 0.1) is 23.2 Å². The lowest BCUT2D eigenvalue weighted by molar-refractivity contribution is -0.0604. The molecule has 3 rings (SSSR count). The van der Waals surface area contributed by atoms with Crippen molar-refractivity contribution in [2.45, 2.75) is 19.1 Å². The Balaban J connectivity index is 0.00000341. The Labute approximate surface area is 204 Å². The summed E-state index contributed by atoms with van der Waals surface area (Å²) in [5.74, 6) is 0.244. The summed E-state index contributed by atoms with van der Waals surface area (Å²) < 4.78 is 19.3. The molecule has 0 aromatic heterocycles. The zero-order chi connectivity index (χ0) is 21.5. The van der Waals surface area contributed by atoms with Gasteiger partial charge in [-0.1, -0.05) is 35.9 Å². The largest absolute Gasteiger partial charge is 0.367 e. The lowest BCUT2D eigenvalue weighted by Crippen LogP contribution is -2.51. The monoisotopic (exact) mass is 560 g/mol. The number of nitrogens with one attached hydrogen (secondary N) is 2. The third-order valence-corrected chi connectivity index (χ3v) is 5.16. The van der Waals surface area contributed by atoms with Crippen molar-refractivity contribution in [2.24, 2.45) is 4.99 Å². The average Bonchev–Trinajstić information content (AvgIpc) is 2.74. The molecule has 2 N–H and O–H groups in total. The van der Waals surface area contributed by atoms with Gasteiger partial charge in [0.2, 0.25) is 0 Å². The molecular weight excluding hydrogens is 534 g/mol. The van der Waals surface area contributed by atoms with E-state index in [9.17, 15) is 9.18 Å². The number of hydrogen-bond acceptors (Lipinski definition) is 3. The van der Waals surface area contributed by atoms with Crippen LogP contribution >= 0.6 is 35.6 Å². The predicted molar refractivity (Wildman–Crippen MR) is 132 cm³/mol. The minimum Gasteiger partial charge on any atom is -0.367 e. The summed E-state index contributed by atoms with van der Waals surface area (Å²) in [4.78, 5) is 18.7. The van der Waals surface area contributed by atoms with Crippen LogP contribution in [-0.2, 0) is 4.74 Å². The van der Waals surface area contributed by atoms with Gasteiger partial charge < -0.3 is 20.3 Å². The number of ether oxygens (including phenoxy) is 1. The Morgan fingerprint density at radius 1 is 1.16 bits per heavy atom. The van der Waals surface area contributed by atoms with Crippen molar-refractivity contribution in [2.75, 3.05) is 33.2 Å². The molecule has 9 heteroatoms. The number of guanidine groups is 1. The molecule has 31 heavy (non-hydrogen) atoms. The van der Waals surface area contributed by atoms with Crippen LogP contribution in [0.3, 0.4) is 0 Å². The summed E-state index contributed by atoms with van der Waals surface area (Å²) in [6.07, 6.45) is -0.180. The molecule has 1 aliphatic heterocycles. The maximum absolute atomic E-state index is 13.2. The summed E-state index contributed by atoms with van der Waals surface area (Å²) in [7, 11) is 1.72. The number of morpholine rings is 1. The Morgan fingerprint density at radius 2 is 1.84 bits per heavy atom. The van der Waals surface area contributed by atoms with Gasteiger partial charge in [0.25, 0.3) is 5.91 Å². The van der Waals surface area contributed by atoms with Crippen molar-refractivity contribution in [3.8, 4) is 0 Å². The third-order valence-electron chi connectivity index (χ3n) is 4.83. The van der Waals surface area contributed by atoms with Crippen molar-refractivity contribution in [1.82, 2.24) is 15.5 Å². The Morgan fingerprint density at radius 3 is 2.52 bits per heavy atom. The fourth-order valence-corrected chi connectivity index (χ4v) is 3.63. The van der Waals surface area contributed by atoms with Crippen LogP contribution in [0.25, 0.3) is 0 Å². The van der Waals surface area contributed by atoms with Crippen molar-refractivity contribution in [3.63, 3.8) is 0 Å². The summed E-state index contributed by atoms with van der Waals surface area (Å²) in [5, 5.41) is 6.55. The highest BCUT2D eigenvalue weighted by Gasteiger charge is 2.28. The smallest absolute Gasteiger partial charge is 0.252 e. The van der Waals surface area contributed by atoms with Crippen molar-refractivity contribution in [3.05, 3.63) is 70.5 Å². The second-order valence-electron chi connectivity index (χ2n) is 7.10. The zero-order valence-electron chi connectivity index (χ0n) is 17.5. The molecular formula is C22H27ClFIN4O2. The van der Waals surface area contributed by atoms with Crippen LogP contribution in [0.4, 0.5) is 4.39 Å². The standard InChI is InChI=1S/C22H26ClFN4O2.HI/c1-15-13-28(14-20(30-15)16-7-9-17(24)10-8-16)22(25-2)27-12-11-26-21(29)18-5-3-4-6-19(18)23;/h3-10,15,20H,11-14H2,1-2H3,(H,25,27)(H,26,29);1H. The van der Waals surface area contributed by atoms with Gasteiger partial charge in [0.15, 0.2) is 5.96 Å². The van der Waals surface area contributed by atoms with Crippen molar-refractivity contribution >= 4 is 47.4 Å². The molecule has 2 aromatic rings. The van der Waals surface area contributed by atoms with Gasteiger partial charge in [-0.05, 0) is 36.8 Å². The van der Waals surface area contributed by atoms with E-state index in [0.717, 1.165) is 11.5 Å². The number of halogens is 3. The molecule has 1 amide bonds. The van der Waals surface area contributed by atoms with Gasteiger partial charge in [-0.2, -0.15) is 0 Å². The summed E-state index contributed by atoms with van der Waals surface area (Å²) in [5.41, 5.74) is 1.38. The molecule has 0 radical (unpaired) electrons. The number of benzene rings is 2. The number of amides is 1. The van der Waals surface area contributed by atoms with Gasteiger partial charge in [-0.25, -0.2) is 4.39 Å². The minimum atomic E-state index is -0.268. The maximum atomic E-state index is 13.2. The molecule has 0 spiro atoms. The minimum absolute atomic E-state index is 0. The topological polar surface area (TPSA) is 66.0 Å². The van der Waals surface area contributed by atoms with E-state index in [0.29, 0.717) is 36.8 Å². The molecule has 2 aromatic carbocycles. The molecule has 2 unspecified atom stereocenters. The van der Waals surface area contributed by atoms with E-state index in [1.807, 2.05) is 6.92 Å². The van der Waals surface area contributed by atoms with E-state index in [4.69, 9.17) is 16.3 Å². The highest BCUT2D eigenvalue weighted by molar-refractivity contribution is 14.0. The van der Waals surface area contributed by atoms with E-state index >= 15 is 0 Å². The van der Waals surface area contributed by atoms with Gasteiger partial charge in [0, 0.05) is 26.7 Å². The van der Waals surface area contributed by atoms with Gasteiger partial charge in [-0.3, -0.25) is 9.79 Å². The zero-order valence-corrected chi connectivity index (χ0v) is 20.6. The number of hydrogen-bond donors (Lipinski definition) is 2. The fraction of sp³-hybridized carbons (Fsp3) is 0.364. The second kappa shape index (κ2) is 12.2. The van der Waals surface area contributed by atoms with Crippen molar-refractivity contribution < 1.29 is 13.9 Å². The molecule has 0 aliphatic carbocycles. The quantitative estimate of drug-likeness (QED) is 0.252. The first-order chi connectivity index (χ1) is 14.5. The van der Waals surface area contributed by atoms with Crippen LogP contribution < -0.4 is 10.6 Å². The van der Waals surface area contributed by atoms with Crippen LogP contribution in [0.2, 0.25) is 5.02 Å². The molecule has 0 saturated carbocycles. The average molecular weight is 561 g/mol. The molecule has 0 bridgehead atoms. The van der Waals surface area contributed by atoms with E-state index in [1.165, 1.54) is 12.1 Å². The Bertz CT molecular complexity index is 897. The molecule has 1 heterocycles. The lowest BCUT2D eigenvalue weighted by Gasteiger charge is -2.38. The maximum Gasteiger partial charge on any atom is 0.252 e. The highest BCUT2D eigenvalue weighted by atomic mass is 127. The van der Waals surface area contributed by atoms with E-state index in [1.54, 1.807) is 43.4 Å². The van der Waals surface area contributed by atoms with E-state index < -0.39 is 0 Å². The first-order valence-electron chi connectivity index (χ1n) is 9.87. The van der Waals surface area contributed by atoms with Gasteiger partial charge in [-0.15, -0.1) is 24.0 Å². The number of carbonyl (C=O) groups excluding carboxylic acids is 1. The highest BCUT2D eigenvalue weighted by Crippen LogP contribution is 2.25. The SMILES string of the molecule is CN=C(NCCNC(=O)c1ccccc1Cl)N1CC(C)OC(c2ccc(F)cc2)C1.I. The van der Waals surface area contributed by atoms with Gasteiger partial charge in [0.1, 0.15) is 11.9 Å². The molecule has 6 nitrogen and oxygen atoms in total. The summed E-state index contributed by atoms with van der Waals surface area (Å²) in [6.45, 7) is 4.21. The first-order valence-corrected chi connectivity index (χ1v) is 10.2. The van der Waals surface area contributed by atoms with Crippen LogP contribution in [0.15, 0.2) is 53.5 Å². The van der Waals surface area contributed by atoms with Crippen LogP contribution in [-0.4, -0.2) is 56.1 Å². The van der Waals surface area contributed by atoms with Crippen molar-refractivity contribution in [1.29, 1.82) is 0 Å². The predicted octanol–water partition coefficient (Wildman–Crippen LogP) is 3.86. The van der Waals surface area contributed by atoms with E-state index in [2.05, 4.69) is 20.5 Å². The summed E-state index contributed by atoms with van der Waals surface area (Å²) in [6, 6.07) is 13.3. The Hall–Kier alpha value is -1.91. The molecule has 1 saturated heterocycles. The number of aliphatic imine (C=N–C) groups is 1. The van der Waals surface area contributed by atoms with Crippen LogP contribution in [0.1, 0.15) is 28.9 Å². The number of nitrogens with zero attached hydrogens (tertiary/aromatic N) is 2. The van der Waals surface area contributed by atoms with Crippen LogP contribution in [0.5, 0.6) is 0 Å². The van der Waals surface area contributed by atoms with E-state index in [-0.39, 0.29) is 47.9 Å². The van der Waals surface area contributed by atoms with Crippen LogP contribution in [0, 0.1) is 5.82 Å². The normalized spacial score (nSPS) is 18.8. The molecule has 2 atom stereocenters. The molecule has 1 aliphatic rings. The first kappa shape index (κ1) is 25.4. The number of rotatable bonds is 5. The number of carbonyl (C=O) groups is 1. The summed E-state index contributed by atoms with van der Waals surface area (Å²) >= 11 is 6.06. The molecule has 168 valence electrons. The fourth-order valence-electron chi connectivity index (χ4n) is 3.41.